The third-order valence-corrected chi connectivity index (χ3v) is 3.65. The Labute approximate surface area is 122 Å². The fraction of sp³-hybridized carbons (Fsp3) is 0.588. The van der Waals surface area contributed by atoms with Crippen LogP contribution in [0.25, 0.3) is 0 Å². The summed E-state index contributed by atoms with van der Waals surface area (Å²) in [5, 5.41) is 8.93. The van der Waals surface area contributed by atoms with Gasteiger partial charge in [-0.15, -0.1) is 0 Å². The molecule has 0 unspecified atom stereocenters. The smallest absolute Gasteiger partial charge is 0.335 e. The summed E-state index contributed by atoms with van der Waals surface area (Å²) >= 11 is 0. The first-order valence-corrected chi connectivity index (χ1v) is 7.54. The van der Waals surface area contributed by atoms with Crippen molar-refractivity contribution in [2.45, 2.75) is 53.1 Å². The van der Waals surface area contributed by atoms with Gasteiger partial charge < -0.3 is 5.11 Å². The van der Waals surface area contributed by atoms with Gasteiger partial charge in [-0.1, -0.05) is 39.8 Å². The first-order chi connectivity index (χ1) is 9.47. The van der Waals surface area contributed by atoms with Gasteiger partial charge in [-0.25, -0.2) is 4.79 Å². The lowest BCUT2D eigenvalue weighted by Gasteiger charge is -2.32. The molecule has 0 aromatic heterocycles. The molecule has 3 heteroatoms. The minimum absolute atomic E-state index is 0.353. The van der Waals surface area contributed by atoms with E-state index in [0.29, 0.717) is 17.5 Å². The van der Waals surface area contributed by atoms with Crippen molar-refractivity contribution in [3.05, 3.63) is 35.4 Å². The van der Waals surface area contributed by atoms with Crippen molar-refractivity contribution < 1.29 is 9.90 Å². The molecule has 0 aliphatic heterocycles. The summed E-state index contributed by atoms with van der Waals surface area (Å²) in [4.78, 5) is 13.4. The van der Waals surface area contributed by atoms with E-state index >= 15 is 0 Å². The molecule has 1 rings (SSSR count). The third kappa shape index (κ3) is 4.97. The fourth-order valence-corrected chi connectivity index (χ4v) is 2.60. The van der Waals surface area contributed by atoms with Crippen LogP contribution < -0.4 is 0 Å². The number of nitrogens with zero attached hydrogens (tertiary/aromatic N) is 1. The Morgan fingerprint density at radius 2 is 1.70 bits per heavy atom. The van der Waals surface area contributed by atoms with Gasteiger partial charge in [-0.05, 0) is 36.5 Å². The van der Waals surface area contributed by atoms with Crippen LogP contribution in [0.3, 0.4) is 0 Å². The molecule has 0 bridgehead atoms. The molecule has 1 N–H and O–H groups in total. The first-order valence-electron chi connectivity index (χ1n) is 7.54. The lowest BCUT2D eigenvalue weighted by Crippen LogP contribution is -2.36. The average molecular weight is 277 g/mol. The van der Waals surface area contributed by atoms with E-state index in [0.717, 1.165) is 25.9 Å². The molecule has 0 saturated carbocycles. The second-order valence-corrected chi connectivity index (χ2v) is 5.80. The molecule has 1 aromatic rings. The molecule has 0 fully saturated rings. The average Bonchev–Trinajstić information content (AvgIpc) is 2.40. The maximum Gasteiger partial charge on any atom is 0.335 e. The highest BCUT2D eigenvalue weighted by atomic mass is 16.4. The molecule has 20 heavy (non-hydrogen) atoms. The molecule has 1 aromatic carbocycles. The molecule has 112 valence electrons. The Balaban J connectivity index is 2.80. The zero-order valence-corrected chi connectivity index (χ0v) is 13.1. The normalized spacial score (nSPS) is 11.6. The van der Waals surface area contributed by atoms with E-state index < -0.39 is 5.97 Å². The lowest BCUT2D eigenvalue weighted by molar-refractivity contribution is 0.0697. The molecular weight excluding hydrogens is 250 g/mol. The highest BCUT2D eigenvalue weighted by molar-refractivity contribution is 5.87. The van der Waals surface area contributed by atoms with E-state index in [4.69, 9.17) is 5.11 Å². The number of carboxylic acids is 1. The summed E-state index contributed by atoms with van der Waals surface area (Å²) in [6.45, 7) is 10.9. The summed E-state index contributed by atoms with van der Waals surface area (Å²) < 4.78 is 0. The van der Waals surface area contributed by atoms with E-state index in [1.165, 1.54) is 5.56 Å². The van der Waals surface area contributed by atoms with Crippen LogP contribution in [0.15, 0.2) is 24.3 Å². The van der Waals surface area contributed by atoms with Crippen molar-refractivity contribution >= 4 is 5.97 Å². The largest absolute Gasteiger partial charge is 0.478 e. The monoisotopic (exact) mass is 277 g/mol. The van der Waals surface area contributed by atoms with Crippen molar-refractivity contribution in [1.29, 1.82) is 0 Å². The van der Waals surface area contributed by atoms with Crippen LogP contribution in [0, 0.1) is 5.92 Å². The van der Waals surface area contributed by atoms with Crippen LogP contribution in [0.1, 0.15) is 56.5 Å². The SMILES string of the molecule is CCC(CC)N(Cc1ccc(C(=O)O)cc1)CC(C)C. The molecule has 0 aliphatic rings. The number of hydrogen-bond donors (Lipinski definition) is 1. The van der Waals surface area contributed by atoms with Gasteiger partial charge in [-0.3, -0.25) is 4.90 Å². The molecule has 3 nitrogen and oxygen atoms in total. The van der Waals surface area contributed by atoms with Gasteiger partial charge in [0.2, 0.25) is 0 Å². The summed E-state index contributed by atoms with van der Waals surface area (Å²) in [6, 6.07) is 7.84. The first kappa shape index (κ1) is 16.7. The highest BCUT2D eigenvalue weighted by Gasteiger charge is 2.16. The number of benzene rings is 1. The Bertz CT molecular complexity index is 408. The minimum atomic E-state index is -0.865. The van der Waals surface area contributed by atoms with E-state index in [1.54, 1.807) is 12.1 Å². The molecule has 0 heterocycles. The molecular formula is C17H27NO2. The zero-order chi connectivity index (χ0) is 15.1. The fourth-order valence-electron chi connectivity index (χ4n) is 2.60. The Hall–Kier alpha value is -1.35. The van der Waals surface area contributed by atoms with Gasteiger partial charge in [-0.2, -0.15) is 0 Å². The van der Waals surface area contributed by atoms with Crippen LogP contribution in [0.2, 0.25) is 0 Å². The number of rotatable bonds is 8. The Kier molecular flexibility index (Phi) is 6.73. The Morgan fingerprint density at radius 3 is 2.10 bits per heavy atom. The molecule has 0 spiro atoms. The highest BCUT2D eigenvalue weighted by Crippen LogP contribution is 2.16. The second-order valence-electron chi connectivity index (χ2n) is 5.80. The van der Waals surface area contributed by atoms with Gasteiger partial charge in [0.15, 0.2) is 0 Å². The molecule has 0 amide bonds. The van der Waals surface area contributed by atoms with Crippen LogP contribution in [0.5, 0.6) is 0 Å². The minimum Gasteiger partial charge on any atom is -0.478 e. The van der Waals surface area contributed by atoms with Crippen molar-refractivity contribution in [3.8, 4) is 0 Å². The number of carbonyl (C=O) groups is 1. The van der Waals surface area contributed by atoms with Crippen LogP contribution in [0.4, 0.5) is 0 Å². The molecule has 0 radical (unpaired) electrons. The van der Waals surface area contributed by atoms with E-state index in [9.17, 15) is 4.79 Å². The maximum atomic E-state index is 10.9. The molecule has 0 aliphatic carbocycles. The van der Waals surface area contributed by atoms with E-state index in [1.807, 2.05) is 12.1 Å². The number of hydrogen-bond acceptors (Lipinski definition) is 2. The summed E-state index contributed by atoms with van der Waals surface area (Å²) in [7, 11) is 0. The predicted octanol–water partition coefficient (Wildman–Crippen LogP) is 4.03. The van der Waals surface area contributed by atoms with Gasteiger partial charge >= 0.3 is 5.97 Å². The number of aromatic carboxylic acids is 1. The Morgan fingerprint density at radius 1 is 1.15 bits per heavy atom. The summed E-state index contributed by atoms with van der Waals surface area (Å²) in [6.07, 6.45) is 2.30. The van der Waals surface area contributed by atoms with E-state index in [2.05, 4.69) is 32.6 Å². The molecule has 0 saturated heterocycles. The van der Waals surface area contributed by atoms with Crippen LogP contribution in [-0.4, -0.2) is 28.6 Å². The van der Waals surface area contributed by atoms with Crippen molar-refractivity contribution in [3.63, 3.8) is 0 Å². The van der Waals surface area contributed by atoms with Crippen LogP contribution in [-0.2, 0) is 6.54 Å². The van der Waals surface area contributed by atoms with Crippen molar-refractivity contribution in [1.82, 2.24) is 4.90 Å². The van der Waals surface area contributed by atoms with Gasteiger partial charge in [0.05, 0.1) is 5.56 Å². The summed E-state index contributed by atoms with van der Waals surface area (Å²) in [5.74, 6) is -0.232. The third-order valence-electron chi connectivity index (χ3n) is 3.65. The van der Waals surface area contributed by atoms with Crippen LogP contribution >= 0.6 is 0 Å². The van der Waals surface area contributed by atoms with Gasteiger partial charge in [0.25, 0.3) is 0 Å². The topological polar surface area (TPSA) is 40.5 Å². The summed E-state index contributed by atoms with van der Waals surface area (Å²) in [5.41, 5.74) is 1.54. The second kappa shape index (κ2) is 8.05. The van der Waals surface area contributed by atoms with Crippen molar-refractivity contribution in [2.24, 2.45) is 5.92 Å². The quantitative estimate of drug-likeness (QED) is 0.780. The standard InChI is InChI=1S/C17H27NO2/c1-5-16(6-2)18(11-13(3)4)12-14-7-9-15(10-8-14)17(19)20/h7-10,13,16H,5-6,11-12H2,1-4H3,(H,19,20). The van der Waals surface area contributed by atoms with Gasteiger partial charge in [0.1, 0.15) is 0 Å². The zero-order valence-electron chi connectivity index (χ0n) is 13.1. The number of carboxylic acid groups (broad SMARTS) is 1. The van der Waals surface area contributed by atoms with Gasteiger partial charge in [0, 0.05) is 19.1 Å². The predicted molar refractivity (Wildman–Crippen MR) is 83.0 cm³/mol. The van der Waals surface area contributed by atoms with E-state index in [-0.39, 0.29) is 0 Å². The maximum absolute atomic E-state index is 10.9. The molecule has 0 atom stereocenters. The lowest BCUT2D eigenvalue weighted by atomic mass is 10.1. The van der Waals surface area contributed by atoms with Crippen molar-refractivity contribution in [2.75, 3.05) is 6.54 Å².